The van der Waals surface area contributed by atoms with Gasteiger partial charge in [-0.2, -0.15) is 0 Å². The first-order valence-electron chi connectivity index (χ1n) is 16.4. The molecule has 3 aliphatic carbocycles. The van der Waals surface area contributed by atoms with Crippen LogP contribution in [-0.4, -0.2) is 6.17 Å². The third-order valence-corrected chi connectivity index (χ3v) is 10.1. The molecular formula is C41H37N3O. The highest BCUT2D eigenvalue weighted by molar-refractivity contribution is 6.08. The highest BCUT2D eigenvalue weighted by atomic mass is 16.3. The first kappa shape index (κ1) is 26.9. The van der Waals surface area contributed by atoms with Gasteiger partial charge in [0, 0.05) is 22.3 Å². The fraction of sp³-hybridized carbons (Fsp3) is 0.220. The summed E-state index contributed by atoms with van der Waals surface area (Å²) in [4.78, 5) is 0. The molecule has 4 heteroatoms. The van der Waals surface area contributed by atoms with Crippen molar-refractivity contribution in [1.29, 1.82) is 0 Å². The van der Waals surface area contributed by atoms with E-state index in [4.69, 9.17) is 4.42 Å². The van der Waals surface area contributed by atoms with Crippen molar-refractivity contribution < 1.29 is 4.42 Å². The normalized spacial score (nSPS) is 23.8. The van der Waals surface area contributed by atoms with Gasteiger partial charge in [-0.25, -0.2) is 0 Å². The fourth-order valence-corrected chi connectivity index (χ4v) is 7.82. The maximum Gasteiger partial charge on any atom is 0.139 e. The molecule has 4 aromatic carbocycles. The van der Waals surface area contributed by atoms with Crippen molar-refractivity contribution in [3.05, 3.63) is 143 Å². The number of furan rings is 1. The van der Waals surface area contributed by atoms with Crippen molar-refractivity contribution in [2.75, 3.05) is 0 Å². The average molecular weight is 588 g/mol. The first-order chi connectivity index (χ1) is 22.3. The van der Waals surface area contributed by atoms with Crippen molar-refractivity contribution in [2.24, 2.45) is 5.92 Å². The zero-order chi connectivity index (χ0) is 29.7. The van der Waals surface area contributed by atoms with Crippen molar-refractivity contribution >= 4 is 34.1 Å². The number of hydrogen-bond acceptors (Lipinski definition) is 4. The molecule has 0 saturated carbocycles. The summed E-state index contributed by atoms with van der Waals surface area (Å²) >= 11 is 0. The molecule has 1 saturated heterocycles. The lowest BCUT2D eigenvalue weighted by molar-refractivity contribution is 0.171. The molecule has 3 N–H and O–H groups in total. The predicted molar refractivity (Wildman–Crippen MR) is 185 cm³/mol. The summed E-state index contributed by atoms with van der Waals surface area (Å²) in [5.41, 5.74) is 12.5. The molecule has 9 rings (SSSR count). The van der Waals surface area contributed by atoms with Crippen LogP contribution in [0.15, 0.2) is 114 Å². The number of fused-ring (bicyclic) bond motifs is 6. The smallest absolute Gasteiger partial charge is 0.139 e. The molecule has 2 heterocycles. The van der Waals surface area contributed by atoms with Gasteiger partial charge in [0.2, 0.25) is 0 Å². The summed E-state index contributed by atoms with van der Waals surface area (Å²) in [5, 5.41) is 14.2. The van der Waals surface area contributed by atoms with Gasteiger partial charge in [0.05, 0.1) is 18.5 Å². The van der Waals surface area contributed by atoms with Gasteiger partial charge in [0.15, 0.2) is 0 Å². The SMILES string of the molecule is C1=CCC(C2NC(c3ccc(-c4cccc5c4CCC=C5)cc3)NC(c3cccc4oc5c6c(ccc5c34)C=CCC6)N2)C=C1. The van der Waals surface area contributed by atoms with Crippen molar-refractivity contribution in [3.63, 3.8) is 0 Å². The summed E-state index contributed by atoms with van der Waals surface area (Å²) in [6.45, 7) is 0. The molecule has 4 aliphatic rings. The summed E-state index contributed by atoms with van der Waals surface area (Å²) in [6.07, 6.45) is 23.3. The summed E-state index contributed by atoms with van der Waals surface area (Å²) in [5.74, 6) is 0.351. The van der Waals surface area contributed by atoms with Crippen molar-refractivity contribution in [3.8, 4) is 11.1 Å². The first-order valence-corrected chi connectivity index (χ1v) is 16.4. The lowest BCUT2D eigenvalue weighted by Crippen LogP contribution is -2.61. The second-order valence-corrected chi connectivity index (χ2v) is 12.8. The van der Waals surface area contributed by atoms with Gasteiger partial charge in [-0.05, 0) is 83.2 Å². The highest BCUT2D eigenvalue weighted by Crippen LogP contribution is 2.39. The van der Waals surface area contributed by atoms with E-state index >= 15 is 0 Å². The summed E-state index contributed by atoms with van der Waals surface area (Å²) in [7, 11) is 0. The Kier molecular flexibility index (Phi) is 6.66. The van der Waals surface area contributed by atoms with Crippen LogP contribution in [0.4, 0.5) is 0 Å². The molecule has 1 aromatic heterocycles. The molecule has 5 aromatic rings. The van der Waals surface area contributed by atoms with Gasteiger partial charge in [-0.3, -0.25) is 16.0 Å². The Hall–Kier alpha value is -4.48. The van der Waals surface area contributed by atoms with Crippen LogP contribution in [0, 0.1) is 5.92 Å². The average Bonchev–Trinajstić information content (AvgIpc) is 3.51. The van der Waals surface area contributed by atoms with Crippen LogP contribution in [0.2, 0.25) is 0 Å². The predicted octanol–water partition coefficient (Wildman–Crippen LogP) is 9.11. The molecule has 4 nitrogen and oxygen atoms in total. The van der Waals surface area contributed by atoms with E-state index in [2.05, 4.69) is 137 Å². The van der Waals surface area contributed by atoms with Crippen LogP contribution in [0.25, 0.3) is 45.2 Å². The Bertz CT molecular complexity index is 2040. The Morgan fingerprint density at radius 3 is 2.31 bits per heavy atom. The Balaban J connectivity index is 1.10. The zero-order valence-corrected chi connectivity index (χ0v) is 25.3. The number of aryl methyl sites for hydroxylation is 1. The maximum atomic E-state index is 6.60. The molecule has 4 atom stereocenters. The summed E-state index contributed by atoms with van der Waals surface area (Å²) in [6, 6.07) is 26.9. The molecule has 4 unspecified atom stereocenters. The molecule has 222 valence electrons. The van der Waals surface area contributed by atoms with E-state index in [1.54, 1.807) is 0 Å². The molecule has 1 fully saturated rings. The standard InChI is InChI=1S/C41H37N3O/c1-2-12-29(13-3-1)39-42-40(30-22-20-28(21-23-30)32-17-8-14-26-10-4-6-15-31(26)32)44-41(43-39)35-18-9-19-36-37(35)34-25-24-27-11-5-7-16-33(27)38(34)45-36/h1-5,8-12,14,17-25,29,39-44H,6-7,13,15-16H2. The van der Waals surface area contributed by atoms with Gasteiger partial charge >= 0.3 is 0 Å². The van der Waals surface area contributed by atoms with Gasteiger partial charge < -0.3 is 4.42 Å². The Morgan fingerprint density at radius 1 is 0.667 bits per heavy atom. The molecule has 45 heavy (non-hydrogen) atoms. The summed E-state index contributed by atoms with van der Waals surface area (Å²) < 4.78 is 6.60. The van der Waals surface area contributed by atoms with Crippen LogP contribution < -0.4 is 16.0 Å². The van der Waals surface area contributed by atoms with E-state index in [9.17, 15) is 0 Å². The van der Waals surface area contributed by atoms with Crippen LogP contribution in [0.3, 0.4) is 0 Å². The van der Waals surface area contributed by atoms with Gasteiger partial charge in [0.1, 0.15) is 11.2 Å². The van der Waals surface area contributed by atoms with Gasteiger partial charge in [0.25, 0.3) is 0 Å². The van der Waals surface area contributed by atoms with E-state index in [1.165, 1.54) is 55.3 Å². The Morgan fingerprint density at radius 2 is 1.47 bits per heavy atom. The van der Waals surface area contributed by atoms with Crippen molar-refractivity contribution in [2.45, 2.75) is 50.6 Å². The third-order valence-electron chi connectivity index (χ3n) is 10.1. The second-order valence-electron chi connectivity index (χ2n) is 12.8. The van der Waals surface area contributed by atoms with Crippen molar-refractivity contribution in [1.82, 2.24) is 16.0 Å². The van der Waals surface area contributed by atoms with Crippen LogP contribution >= 0.6 is 0 Å². The minimum absolute atomic E-state index is 0.0199. The quantitative estimate of drug-likeness (QED) is 0.196. The van der Waals surface area contributed by atoms with Crippen LogP contribution in [0.5, 0.6) is 0 Å². The third kappa shape index (κ3) is 4.72. The lowest BCUT2D eigenvalue weighted by Gasteiger charge is -2.42. The Labute approximate surface area is 264 Å². The van der Waals surface area contributed by atoms with Crippen LogP contribution in [0.1, 0.15) is 65.0 Å². The monoisotopic (exact) mass is 587 g/mol. The van der Waals surface area contributed by atoms with E-state index in [0.29, 0.717) is 5.92 Å². The van der Waals surface area contributed by atoms with E-state index in [0.717, 1.165) is 43.3 Å². The van der Waals surface area contributed by atoms with E-state index < -0.39 is 0 Å². The lowest BCUT2D eigenvalue weighted by atomic mass is 9.89. The number of rotatable bonds is 4. The maximum absolute atomic E-state index is 6.60. The molecule has 1 aliphatic heterocycles. The molecule has 0 amide bonds. The number of hydrogen-bond donors (Lipinski definition) is 3. The fourth-order valence-electron chi connectivity index (χ4n) is 7.82. The molecule has 0 spiro atoms. The molecule has 0 bridgehead atoms. The minimum atomic E-state index is -0.0615. The number of allylic oxidation sites excluding steroid dienone is 5. The highest BCUT2D eigenvalue weighted by Gasteiger charge is 2.34. The zero-order valence-electron chi connectivity index (χ0n) is 25.3. The minimum Gasteiger partial charge on any atom is -0.456 e. The number of benzene rings is 4. The van der Waals surface area contributed by atoms with Gasteiger partial charge in [-0.1, -0.05) is 109 Å². The van der Waals surface area contributed by atoms with E-state index in [-0.39, 0.29) is 18.5 Å². The number of nitrogens with one attached hydrogen (secondary N) is 3. The van der Waals surface area contributed by atoms with E-state index in [1.807, 2.05) is 0 Å². The van der Waals surface area contributed by atoms with Gasteiger partial charge in [-0.15, -0.1) is 0 Å². The topological polar surface area (TPSA) is 49.2 Å². The largest absolute Gasteiger partial charge is 0.456 e. The molecule has 0 radical (unpaired) electrons. The molecular weight excluding hydrogens is 550 g/mol. The van der Waals surface area contributed by atoms with Crippen LogP contribution in [-0.2, 0) is 12.8 Å². The second kappa shape index (κ2) is 11.1.